The average molecular weight is 596 g/mol. The van der Waals surface area contributed by atoms with E-state index in [9.17, 15) is 14.8 Å². The Morgan fingerprint density at radius 1 is 1.05 bits per heavy atom. The van der Waals surface area contributed by atoms with Crippen molar-refractivity contribution in [2.24, 2.45) is 11.3 Å². The summed E-state index contributed by atoms with van der Waals surface area (Å²) in [4.78, 5) is 7.61. The fourth-order valence-electron chi connectivity index (χ4n) is 7.74. The number of rotatable bonds is 5. The maximum absolute atomic E-state index is 16.7. The molecule has 2 aliphatic carbocycles. The van der Waals surface area contributed by atoms with Crippen molar-refractivity contribution in [3.63, 3.8) is 0 Å². The van der Waals surface area contributed by atoms with Crippen molar-refractivity contribution in [3.05, 3.63) is 78.1 Å². The van der Waals surface area contributed by atoms with Gasteiger partial charge in [0, 0.05) is 45.3 Å². The zero-order valence-electron chi connectivity index (χ0n) is 24.2. The number of ether oxygens (including phenoxy) is 1. The topological polar surface area (TPSA) is 81.9 Å². The first-order chi connectivity index (χ1) is 21.4. The molecule has 8 heteroatoms. The third-order valence-electron chi connectivity index (χ3n) is 9.80. The number of fused-ring (bicyclic) bond motifs is 3. The summed E-state index contributed by atoms with van der Waals surface area (Å²) in [6.07, 6.45) is 9.24. The molecule has 0 radical (unpaired) electrons. The Labute approximate surface area is 253 Å². The molecule has 3 atom stereocenters. The van der Waals surface area contributed by atoms with Crippen molar-refractivity contribution in [2.45, 2.75) is 57.5 Å². The highest BCUT2D eigenvalue weighted by molar-refractivity contribution is 6.04. The number of nitriles is 1. The van der Waals surface area contributed by atoms with Gasteiger partial charge in [0.05, 0.1) is 6.61 Å². The highest BCUT2D eigenvalue weighted by Crippen LogP contribution is 2.51. The predicted molar refractivity (Wildman–Crippen MR) is 164 cm³/mol. The smallest absolute Gasteiger partial charge is 0.233 e. The second kappa shape index (κ2) is 11.2. The van der Waals surface area contributed by atoms with Crippen molar-refractivity contribution in [1.82, 2.24) is 9.97 Å². The lowest BCUT2D eigenvalue weighted by atomic mass is 9.64. The minimum Gasteiger partial charge on any atom is -0.508 e. The lowest BCUT2D eigenvalue weighted by molar-refractivity contribution is 0.0118. The van der Waals surface area contributed by atoms with Crippen LogP contribution in [0.3, 0.4) is 0 Å². The second-order valence-electron chi connectivity index (χ2n) is 12.4. The van der Waals surface area contributed by atoms with Crippen LogP contribution in [0, 0.1) is 34.3 Å². The standard InChI is InChI=1S/C36H32F3N3O2/c37-24-8-4-7-23-6-1-2-13-36(23,17-24)20-44-35-29(18-40)31(22-12-14-41-19-22)27-11-10-26(33(39)34(27)42-35)28-16-25(43)15-21-5-3-9-30(38)32(21)28/h3,5,9-12,14-16,19,23-24,41,43H,1-2,4,6-8,13,17,20H2/t23?,24-,36-/m0/s1. The van der Waals surface area contributed by atoms with Gasteiger partial charge in [-0.1, -0.05) is 43.5 Å². The highest BCUT2D eigenvalue weighted by Gasteiger charge is 2.44. The molecule has 0 aliphatic heterocycles. The normalized spacial score (nSPS) is 22.0. The number of hydrogen-bond acceptors (Lipinski definition) is 4. The molecule has 0 saturated heterocycles. The van der Waals surface area contributed by atoms with E-state index in [-0.39, 0.29) is 51.2 Å². The van der Waals surface area contributed by atoms with E-state index in [0.29, 0.717) is 40.7 Å². The Kier molecular flexibility index (Phi) is 7.20. The molecule has 44 heavy (non-hydrogen) atoms. The number of aromatic hydroxyl groups is 1. The van der Waals surface area contributed by atoms with Gasteiger partial charge in [-0.2, -0.15) is 5.26 Å². The van der Waals surface area contributed by atoms with Crippen LogP contribution in [0.4, 0.5) is 13.2 Å². The van der Waals surface area contributed by atoms with Gasteiger partial charge in [-0.3, -0.25) is 0 Å². The number of hydrogen-bond donors (Lipinski definition) is 2. The Morgan fingerprint density at radius 2 is 1.91 bits per heavy atom. The van der Waals surface area contributed by atoms with Crippen LogP contribution in [0.15, 0.2) is 60.9 Å². The summed E-state index contributed by atoms with van der Waals surface area (Å²) in [5.74, 6) is -1.08. The van der Waals surface area contributed by atoms with Crippen LogP contribution in [-0.4, -0.2) is 27.9 Å². The van der Waals surface area contributed by atoms with Crippen LogP contribution in [0.5, 0.6) is 11.6 Å². The molecule has 0 spiro atoms. The first kappa shape index (κ1) is 28.3. The number of halogens is 3. The molecule has 2 saturated carbocycles. The van der Waals surface area contributed by atoms with E-state index >= 15 is 8.78 Å². The van der Waals surface area contributed by atoms with Crippen LogP contribution < -0.4 is 4.74 Å². The van der Waals surface area contributed by atoms with Gasteiger partial charge in [0.25, 0.3) is 0 Å². The lowest BCUT2D eigenvalue weighted by Crippen LogP contribution is -2.40. The van der Waals surface area contributed by atoms with Gasteiger partial charge in [0.1, 0.15) is 34.9 Å². The van der Waals surface area contributed by atoms with E-state index in [2.05, 4.69) is 16.0 Å². The van der Waals surface area contributed by atoms with Gasteiger partial charge in [-0.15, -0.1) is 0 Å². The maximum atomic E-state index is 16.7. The summed E-state index contributed by atoms with van der Waals surface area (Å²) < 4.78 is 53.2. The fraction of sp³-hybridized carbons (Fsp3) is 0.333. The number of H-pyrrole nitrogens is 1. The molecule has 3 aromatic carbocycles. The fourth-order valence-corrected chi connectivity index (χ4v) is 7.74. The third-order valence-corrected chi connectivity index (χ3v) is 9.80. The van der Waals surface area contributed by atoms with Crippen LogP contribution in [0.25, 0.3) is 43.9 Å². The van der Waals surface area contributed by atoms with E-state index in [1.54, 1.807) is 30.6 Å². The van der Waals surface area contributed by atoms with Gasteiger partial charge in [0.15, 0.2) is 5.82 Å². The first-order valence-corrected chi connectivity index (χ1v) is 15.3. The SMILES string of the molecule is N#Cc1c(OC[C@@]23CCCCC2CCC[C@H](F)C3)nc2c(F)c(-c3cc(O)cc4cccc(F)c34)ccc2c1-c1cc[nH]c1. The Hall–Kier alpha value is -4.51. The first-order valence-electron chi connectivity index (χ1n) is 15.3. The molecule has 7 rings (SSSR count). The van der Waals surface area contributed by atoms with Crippen molar-refractivity contribution in [1.29, 1.82) is 5.26 Å². The van der Waals surface area contributed by atoms with Gasteiger partial charge < -0.3 is 14.8 Å². The summed E-state index contributed by atoms with van der Waals surface area (Å²) in [6, 6.07) is 14.5. The molecule has 2 N–H and O–H groups in total. The number of phenols is 1. The van der Waals surface area contributed by atoms with Crippen LogP contribution in [0.1, 0.15) is 56.9 Å². The molecule has 2 aromatic heterocycles. The molecular weight excluding hydrogens is 563 g/mol. The number of aromatic amines is 1. The van der Waals surface area contributed by atoms with Crippen LogP contribution in [-0.2, 0) is 0 Å². The molecule has 2 fully saturated rings. The quantitative estimate of drug-likeness (QED) is 0.212. The Bertz CT molecular complexity index is 1920. The van der Waals surface area contributed by atoms with Crippen LogP contribution >= 0.6 is 0 Å². The largest absolute Gasteiger partial charge is 0.508 e. The monoisotopic (exact) mass is 595 g/mol. The number of phenolic OH excluding ortho intramolecular Hbond substituents is 1. The Morgan fingerprint density at radius 3 is 2.73 bits per heavy atom. The van der Waals surface area contributed by atoms with E-state index in [1.807, 2.05) is 0 Å². The zero-order chi connectivity index (χ0) is 30.4. The summed E-state index contributed by atoms with van der Waals surface area (Å²) in [6.45, 7) is 0.196. The molecule has 2 aliphatic rings. The molecule has 0 bridgehead atoms. The number of benzene rings is 3. The van der Waals surface area contributed by atoms with E-state index in [0.717, 1.165) is 38.5 Å². The van der Waals surface area contributed by atoms with Crippen molar-refractivity contribution >= 4 is 21.7 Å². The zero-order valence-corrected chi connectivity index (χ0v) is 24.2. The molecule has 5 nitrogen and oxygen atoms in total. The van der Waals surface area contributed by atoms with Gasteiger partial charge >= 0.3 is 0 Å². The number of aromatic nitrogens is 2. The summed E-state index contributed by atoms with van der Waals surface area (Å²) in [7, 11) is 0. The molecule has 224 valence electrons. The lowest BCUT2D eigenvalue weighted by Gasteiger charge is -2.43. The average Bonchev–Trinajstić information content (AvgIpc) is 3.49. The second-order valence-corrected chi connectivity index (χ2v) is 12.4. The predicted octanol–water partition coefficient (Wildman–Crippen LogP) is 9.37. The van der Waals surface area contributed by atoms with Gasteiger partial charge in [0.2, 0.25) is 5.88 Å². The minimum absolute atomic E-state index is 0.00227. The van der Waals surface area contributed by atoms with Crippen molar-refractivity contribution in [3.8, 4) is 40.0 Å². The van der Waals surface area contributed by atoms with E-state index in [4.69, 9.17) is 4.74 Å². The Balaban J connectivity index is 1.41. The number of nitrogens with one attached hydrogen (secondary N) is 1. The summed E-state index contributed by atoms with van der Waals surface area (Å²) in [5.41, 5.74) is 1.13. The van der Waals surface area contributed by atoms with Crippen LogP contribution in [0.2, 0.25) is 0 Å². The number of pyridine rings is 1. The maximum Gasteiger partial charge on any atom is 0.233 e. The molecule has 2 heterocycles. The third kappa shape index (κ3) is 4.75. The molecule has 1 unspecified atom stereocenters. The number of nitrogens with zero attached hydrogens (tertiary/aromatic N) is 2. The van der Waals surface area contributed by atoms with Crippen molar-refractivity contribution < 1.29 is 23.0 Å². The van der Waals surface area contributed by atoms with E-state index < -0.39 is 17.8 Å². The highest BCUT2D eigenvalue weighted by atomic mass is 19.1. The summed E-state index contributed by atoms with van der Waals surface area (Å²) in [5, 5.41) is 21.8. The molecule has 0 amide bonds. The number of alkyl halides is 1. The van der Waals surface area contributed by atoms with E-state index in [1.165, 1.54) is 30.3 Å². The van der Waals surface area contributed by atoms with Gasteiger partial charge in [-0.05, 0) is 73.2 Å². The van der Waals surface area contributed by atoms with Gasteiger partial charge in [-0.25, -0.2) is 18.2 Å². The summed E-state index contributed by atoms with van der Waals surface area (Å²) >= 11 is 0. The minimum atomic E-state index is -0.908. The van der Waals surface area contributed by atoms with Crippen molar-refractivity contribution in [2.75, 3.05) is 6.61 Å². The molecule has 5 aromatic rings. The molecular formula is C36H32F3N3O2.